The van der Waals surface area contributed by atoms with E-state index in [-0.39, 0.29) is 17.6 Å². The molecule has 3 nitrogen and oxygen atoms in total. The summed E-state index contributed by atoms with van der Waals surface area (Å²) in [4.78, 5) is 12.0. The minimum absolute atomic E-state index is 0.0286. The van der Waals surface area contributed by atoms with Gasteiger partial charge in [0, 0.05) is 6.54 Å². The molecule has 22 heavy (non-hydrogen) atoms. The largest absolute Gasteiger partial charge is 0.497 e. The van der Waals surface area contributed by atoms with E-state index in [0.717, 1.165) is 16.9 Å². The zero-order valence-electron chi connectivity index (χ0n) is 12.8. The number of halogens is 1. The first-order chi connectivity index (χ1) is 10.6. The van der Waals surface area contributed by atoms with Gasteiger partial charge in [0.15, 0.2) is 0 Å². The van der Waals surface area contributed by atoms with Crippen LogP contribution < -0.4 is 10.1 Å². The number of benzene rings is 2. The monoisotopic (exact) mass is 301 g/mol. The van der Waals surface area contributed by atoms with Crippen molar-refractivity contribution < 1.29 is 13.9 Å². The van der Waals surface area contributed by atoms with Gasteiger partial charge in [-0.05, 0) is 41.3 Å². The summed E-state index contributed by atoms with van der Waals surface area (Å²) in [6, 6.07) is 13.8. The first-order valence-electron chi connectivity index (χ1n) is 7.23. The van der Waals surface area contributed by atoms with E-state index < -0.39 is 0 Å². The van der Waals surface area contributed by atoms with Gasteiger partial charge in [-0.2, -0.15) is 0 Å². The number of methoxy groups -OCH3 is 1. The summed E-state index contributed by atoms with van der Waals surface area (Å²) in [5.41, 5.74) is 1.94. The van der Waals surface area contributed by atoms with E-state index in [1.54, 1.807) is 19.2 Å². The minimum Gasteiger partial charge on any atom is -0.497 e. The van der Waals surface area contributed by atoms with Gasteiger partial charge < -0.3 is 10.1 Å². The lowest BCUT2D eigenvalue weighted by Crippen LogP contribution is -2.28. The van der Waals surface area contributed by atoms with Gasteiger partial charge >= 0.3 is 0 Å². The second-order valence-electron chi connectivity index (χ2n) is 5.28. The SMILES string of the molecule is COc1ccc(CC(=O)NCC(C)c2ccc(F)cc2)cc1. The maximum absolute atomic E-state index is 12.9. The number of carbonyl (C=O) groups is 1. The quantitative estimate of drug-likeness (QED) is 0.889. The van der Waals surface area contributed by atoms with Crippen molar-refractivity contribution in [2.75, 3.05) is 13.7 Å². The zero-order chi connectivity index (χ0) is 15.9. The molecular weight excluding hydrogens is 281 g/mol. The van der Waals surface area contributed by atoms with Crippen molar-refractivity contribution in [2.45, 2.75) is 19.3 Å². The standard InChI is InChI=1S/C18H20FNO2/c1-13(15-5-7-16(19)8-6-15)12-20-18(21)11-14-3-9-17(22-2)10-4-14/h3-10,13H,11-12H2,1-2H3,(H,20,21). The summed E-state index contributed by atoms with van der Waals surface area (Å²) < 4.78 is 18.0. The molecule has 0 spiro atoms. The van der Waals surface area contributed by atoms with Gasteiger partial charge in [-0.3, -0.25) is 4.79 Å². The van der Waals surface area contributed by atoms with Gasteiger partial charge in [-0.25, -0.2) is 4.39 Å². The van der Waals surface area contributed by atoms with E-state index in [1.807, 2.05) is 31.2 Å². The average molecular weight is 301 g/mol. The molecule has 0 aliphatic heterocycles. The highest BCUT2D eigenvalue weighted by Crippen LogP contribution is 2.15. The summed E-state index contributed by atoms with van der Waals surface area (Å²) in [6.45, 7) is 2.53. The van der Waals surface area contributed by atoms with Crippen LogP contribution in [0, 0.1) is 5.82 Å². The van der Waals surface area contributed by atoms with Crippen molar-refractivity contribution in [3.8, 4) is 5.75 Å². The Morgan fingerprint density at radius 2 is 1.77 bits per heavy atom. The molecular formula is C18H20FNO2. The Labute approximate surface area is 130 Å². The molecule has 0 bridgehead atoms. The molecule has 2 aromatic rings. The van der Waals surface area contributed by atoms with Crippen LogP contribution in [0.2, 0.25) is 0 Å². The van der Waals surface area contributed by atoms with Crippen LogP contribution in [0.1, 0.15) is 24.0 Å². The molecule has 0 aliphatic rings. The number of carbonyl (C=O) groups excluding carboxylic acids is 1. The molecule has 2 rings (SSSR count). The number of nitrogens with one attached hydrogen (secondary N) is 1. The van der Waals surface area contributed by atoms with Crippen LogP contribution in [-0.2, 0) is 11.2 Å². The van der Waals surface area contributed by atoms with Crippen molar-refractivity contribution in [1.82, 2.24) is 5.32 Å². The van der Waals surface area contributed by atoms with Crippen molar-refractivity contribution >= 4 is 5.91 Å². The van der Waals surface area contributed by atoms with Crippen LogP contribution in [0.3, 0.4) is 0 Å². The third-order valence-electron chi connectivity index (χ3n) is 3.57. The highest BCUT2D eigenvalue weighted by Gasteiger charge is 2.09. The van der Waals surface area contributed by atoms with E-state index in [1.165, 1.54) is 12.1 Å². The number of rotatable bonds is 6. The summed E-state index contributed by atoms with van der Waals surface area (Å²) >= 11 is 0. The van der Waals surface area contributed by atoms with Crippen LogP contribution in [0.4, 0.5) is 4.39 Å². The van der Waals surface area contributed by atoms with Crippen molar-refractivity contribution in [3.63, 3.8) is 0 Å². The van der Waals surface area contributed by atoms with E-state index in [4.69, 9.17) is 4.74 Å². The van der Waals surface area contributed by atoms with E-state index in [0.29, 0.717) is 13.0 Å². The van der Waals surface area contributed by atoms with Crippen molar-refractivity contribution in [2.24, 2.45) is 0 Å². The third-order valence-corrected chi connectivity index (χ3v) is 3.57. The Bertz CT molecular complexity index is 608. The normalized spacial score (nSPS) is 11.8. The Balaban J connectivity index is 1.82. The van der Waals surface area contributed by atoms with E-state index in [2.05, 4.69) is 5.32 Å². The smallest absolute Gasteiger partial charge is 0.224 e. The maximum Gasteiger partial charge on any atom is 0.224 e. The summed E-state index contributed by atoms with van der Waals surface area (Å²) in [5.74, 6) is 0.633. The molecule has 0 aliphatic carbocycles. The fourth-order valence-electron chi connectivity index (χ4n) is 2.17. The van der Waals surface area contributed by atoms with Crippen molar-refractivity contribution in [3.05, 3.63) is 65.5 Å². The van der Waals surface area contributed by atoms with Crippen molar-refractivity contribution in [1.29, 1.82) is 0 Å². The molecule has 116 valence electrons. The second-order valence-corrected chi connectivity index (χ2v) is 5.28. The van der Waals surface area contributed by atoms with Gasteiger partial charge in [0.25, 0.3) is 0 Å². The lowest BCUT2D eigenvalue weighted by Gasteiger charge is -2.13. The van der Waals surface area contributed by atoms with E-state index in [9.17, 15) is 9.18 Å². The van der Waals surface area contributed by atoms with Gasteiger partial charge in [0.05, 0.1) is 13.5 Å². The third kappa shape index (κ3) is 4.58. The highest BCUT2D eigenvalue weighted by molar-refractivity contribution is 5.78. The minimum atomic E-state index is -0.250. The Kier molecular flexibility index (Phi) is 5.53. The summed E-state index contributed by atoms with van der Waals surface area (Å²) in [5, 5.41) is 2.91. The lowest BCUT2D eigenvalue weighted by atomic mass is 10.0. The van der Waals surface area contributed by atoms with Crippen LogP contribution in [0.25, 0.3) is 0 Å². The summed E-state index contributed by atoms with van der Waals surface area (Å²) in [7, 11) is 1.61. The topological polar surface area (TPSA) is 38.3 Å². The Morgan fingerprint density at radius 1 is 1.14 bits per heavy atom. The van der Waals surface area contributed by atoms with Crippen LogP contribution >= 0.6 is 0 Å². The lowest BCUT2D eigenvalue weighted by molar-refractivity contribution is -0.120. The molecule has 0 saturated heterocycles. The molecule has 0 radical (unpaired) electrons. The highest BCUT2D eigenvalue weighted by atomic mass is 19.1. The fourth-order valence-corrected chi connectivity index (χ4v) is 2.17. The number of ether oxygens (including phenoxy) is 1. The average Bonchev–Trinajstić information content (AvgIpc) is 2.54. The van der Waals surface area contributed by atoms with Crippen LogP contribution in [-0.4, -0.2) is 19.6 Å². The first-order valence-corrected chi connectivity index (χ1v) is 7.23. The molecule has 0 aromatic heterocycles. The van der Waals surface area contributed by atoms with Gasteiger partial charge in [-0.15, -0.1) is 0 Å². The molecule has 4 heteroatoms. The van der Waals surface area contributed by atoms with Gasteiger partial charge in [0.2, 0.25) is 5.91 Å². The Morgan fingerprint density at radius 3 is 2.36 bits per heavy atom. The number of hydrogen-bond donors (Lipinski definition) is 1. The summed E-state index contributed by atoms with van der Waals surface area (Å²) in [6.07, 6.45) is 0.333. The molecule has 0 heterocycles. The number of hydrogen-bond acceptors (Lipinski definition) is 2. The maximum atomic E-state index is 12.9. The van der Waals surface area contributed by atoms with Crippen LogP contribution in [0.15, 0.2) is 48.5 Å². The molecule has 0 fully saturated rings. The molecule has 1 amide bonds. The molecule has 2 aromatic carbocycles. The Hall–Kier alpha value is -2.36. The van der Waals surface area contributed by atoms with Crippen LogP contribution in [0.5, 0.6) is 5.75 Å². The molecule has 1 unspecified atom stereocenters. The molecule has 0 saturated carbocycles. The second kappa shape index (κ2) is 7.59. The fraction of sp³-hybridized carbons (Fsp3) is 0.278. The number of amides is 1. The predicted molar refractivity (Wildman–Crippen MR) is 84.5 cm³/mol. The zero-order valence-corrected chi connectivity index (χ0v) is 12.8. The molecule has 1 N–H and O–H groups in total. The molecule has 1 atom stereocenters. The first kappa shape index (κ1) is 16.0. The predicted octanol–water partition coefficient (Wildman–Crippen LogP) is 3.30. The van der Waals surface area contributed by atoms with Gasteiger partial charge in [0.1, 0.15) is 11.6 Å². The van der Waals surface area contributed by atoms with Gasteiger partial charge in [-0.1, -0.05) is 31.2 Å². The van der Waals surface area contributed by atoms with E-state index >= 15 is 0 Å².